The molecular formula is C63H74N4O2. The summed E-state index contributed by atoms with van der Waals surface area (Å²) in [5.74, 6) is 0.913. The molecule has 2 aliphatic rings. The van der Waals surface area contributed by atoms with Crippen LogP contribution in [0.5, 0.6) is 5.75 Å². The molecule has 0 unspecified atom stereocenters. The topological polar surface area (TPSA) is 48.1 Å². The van der Waals surface area contributed by atoms with Crippen molar-refractivity contribution in [1.29, 1.82) is 0 Å². The Morgan fingerprint density at radius 2 is 0.957 bits per heavy atom. The highest BCUT2D eigenvalue weighted by Gasteiger charge is 2.29. The van der Waals surface area contributed by atoms with E-state index in [0.29, 0.717) is 19.2 Å². The Balaban J connectivity index is 0.000000211. The van der Waals surface area contributed by atoms with Gasteiger partial charge in [-0.05, 0) is 114 Å². The Morgan fingerprint density at radius 3 is 1.43 bits per heavy atom. The van der Waals surface area contributed by atoms with Crippen molar-refractivity contribution in [3.63, 3.8) is 0 Å². The van der Waals surface area contributed by atoms with Gasteiger partial charge in [0.05, 0.1) is 6.61 Å². The quantitative estimate of drug-likeness (QED) is 0.0923. The van der Waals surface area contributed by atoms with Crippen LogP contribution in [0.1, 0.15) is 91.9 Å². The molecule has 2 heterocycles. The van der Waals surface area contributed by atoms with Gasteiger partial charge >= 0.3 is 0 Å². The fourth-order valence-electron chi connectivity index (χ4n) is 9.27. The van der Waals surface area contributed by atoms with Crippen molar-refractivity contribution >= 4 is 5.91 Å². The molecule has 358 valence electrons. The minimum absolute atomic E-state index is 0.0914. The van der Waals surface area contributed by atoms with Crippen LogP contribution in [0.3, 0.4) is 0 Å². The monoisotopic (exact) mass is 919 g/mol. The zero-order chi connectivity index (χ0) is 47.9. The molecule has 6 heteroatoms. The van der Waals surface area contributed by atoms with Crippen molar-refractivity contribution in [2.24, 2.45) is 0 Å². The molecule has 1 N–H and O–H groups in total. The summed E-state index contributed by atoms with van der Waals surface area (Å²) in [4.78, 5) is 21.1. The number of benzene rings is 7. The van der Waals surface area contributed by atoms with Crippen LogP contribution >= 0.6 is 0 Å². The van der Waals surface area contributed by atoms with E-state index in [1.807, 2.05) is 44.2 Å². The lowest BCUT2D eigenvalue weighted by Crippen LogP contribution is -2.46. The van der Waals surface area contributed by atoms with Gasteiger partial charge in [0.2, 0.25) is 0 Å². The number of unbranched alkanes of at least 4 members (excludes halogenated alkanes) is 1. The number of carbonyl (C=O) groups excluding carboxylic acids is 1. The Morgan fingerprint density at radius 1 is 0.522 bits per heavy atom. The lowest BCUT2D eigenvalue weighted by molar-refractivity contribution is 0.0543. The van der Waals surface area contributed by atoms with Crippen LogP contribution in [-0.4, -0.2) is 65.5 Å². The number of hydrogen-bond donors (Lipinski definition) is 1. The molecule has 6 nitrogen and oxygen atoms in total. The largest absolute Gasteiger partial charge is 0.494 e. The highest BCUT2D eigenvalue weighted by atomic mass is 16.5. The molecule has 0 saturated carbocycles. The second kappa shape index (κ2) is 27.6. The van der Waals surface area contributed by atoms with Crippen molar-refractivity contribution in [3.05, 3.63) is 222 Å². The third kappa shape index (κ3) is 15.9. The van der Waals surface area contributed by atoms with Crippen LogP contribution < -0.4 is 10.1 Å². The van der Waals surface area contributed by atoms with Gasteiger partial charge in [-0.15, -0.1) is 0 Å². The van der Waals surface area contributed by atoms with Gasteiger partial charge in [0, 0.05) is 56.9 Å². The van der Waals surface area contributed by atoms with Gasteiger partial charge in [-0.25, -0.2) is 0 Å². The number of nitrogens with one attached hydrogen (secondary N) is 1. The first kappa shape index (κ1) is 50.6. The highest BCUT2D eigenvalue weighted by Crippen LogP contribution is 2.26. The van der Waals surface area contributed by atoms with E-state index >= 15 is 0 Å². The molecule has 2 aliphatic heterocycles. The fourth-order valence-corrected chi connectivity index (χ4v) is 9.27. The van der Waals surface area contributed by atoms with E-state index < -0.39 is 0 Å². The zero-order valence-electron chi connectivity index (χ0n) is 41.4. The van der Waals surface area contributed by atoms with E-state index in [1.54, 1.807) is 0 Å². The lowest BCUT2D eigenvalue weighted by atomic mass is 9.99. The van der Waals surface area contributed by atoms with Crippen LogP contribution in [-0.2, 0) is 26.2 Å². The number of piperidine rings is 2. The average Bonchev–Trinajstić information content (AvgIpc) is 3.42. The Hall–Kier alpha value is -6.31. The normalized spacial score (nSPS) is 14.4. The molecule has 7 aromatic rings. The van der Waals surface area contributed by atoms with Crippen molar-refractivity contribution in [3.8, 4) is 28.0 Å². The van der Waals surface area contributed by atoms with Crippen molar-refractivity contribution < 1.29 is 9.53 Å². The Labute approximate surface area is 414 Å². The molecule has 0 aliphatic carbocycles. The zero-order valence-corrected chi connectivity index (χ0v) is 41.4. The molecule has 0 bridgehead atoms. The summed E-state index contributed by atoms with van der Waals surface area (Å²) in [7, 11) is 0. The van der Waals surface area contributed by atoms with Gasteiger partial charge < -0.3 is 15.0 Å². The van der Waals surface area contributed by atoms with Crippen molar-refractivity contribution in [2.45, 2.75) is 97.6 Å². The number of hydrogen-bond acceptors (Lipinski definition) is 5. The number of likely N-dealkylation sites (tertiary alicyclic amines) is 2. The summed E-state index contributed by atoms with van der Waals surface area (Å²) in [6, 6.07) is 68.6. The molecule has 0 spiro atoms. The van der Waals surface area contributed by atoms with E-state index in [2.05, 4.69) is 191 Å². The first-order valence-corrected chi connectivity index (χ1v) is 25.6. The summed E-state index contributed by atoms with van der Waals surface area (Å²) < 4.78 is 5.83. The van der Waals surface area contributed by atoms with Gasteiger partial charge in [0.25, 0.3) is 5.91 Å². The molecule has 9 rings (SSSR count). The number of amides is 1. The van der Waals surface area contributed by atoms with Crippen LogP contribution in [0.4, 0.5) is 0 Å². The van der Waals surface area contributed by atoms with E-state index in [1.165, 1.54) is 64.9 Å². The number of nitrogens with zero attached hydrogens (tertiary/aromatic N) is 3. The lowest BCUT2D eigenvalue weighted by Gasteiger charge is -2.39. The third-order valence-electron chi connectivity index (χ3n) is 13.3. The predicted octanol–water partition coefficient (Wildman–Crippen LogP) is 14.0. The van der Waals surface area contributed by atoms with Crippen LogP contribution in [0.25, 0.3) is 22.3 Å². The van der Waals surface area contributed by atoms with Crippen LogP contribution in [0, 0.1) is 0 Å². The summed E-state index contributed by atoms with van der Waals surface area (Å²) in [5.41, 5.74) is 11.0. The molecule has 2 saturated heterocycles. The maximum absolute atomic E-state index is 14.0. The molecule has 0 aromatic heterocycles. The second-order valence-electron chi connectivity index (χ2n) is 18.2. The van der Waals surface area contributed by atoms with Gasteiger partial charge in [-0.2, -0.15) is 0 Å². The predicted molar refractivity (Wildman–Crippen MR) is 288 cm³/mol. The van der Waals surface area contributed by atoms with E-state index in [4.69, 9.17) is 4.74 Å². The molecular weight excluding hydrogens is 845 g/mol. The Kier molecular flexibility index (Phi) is 20.2. The first-order chi connectivity index (χ1) is 34.1. The summed E-state index contributed by atoms with van der Waals surface area (Å²) in [6.45, 7) is 14.8. The molecule has 1 amide bonds. The van der Waals surface area contributed by atoms with Gasteiger partial charge in [0.15, 0.2) is 0 Å². The summed E-state index contributed by atoms with van der Waals surface area (Å²) in [6.07, 6.45) is 6.53. The molecule has 0 radical (unpaired) electrons. The third-order valence-corrected chi connectivity index (χ3v) is 13.3. The maximum Gasteiger partial charge on any atom is 0.254 e. The summed E-state index contributed by atoms with van der Waals surface area (Å²) in [5, 5.41) is 3.75. The molecule has 0 atom stereocenters. The van der Waals surface area contributed by atoms with Crippen molar-refractivity contribution in [2.75, 3.05) is 32.8 Å². The van der Waals surface area contributed by atoms with Crippen molar-refractivity contribution in [1.82, 2.24) is 20.0 Å². The molecule has 7 aromatic carbocycles. The SMILES string of the molecule is CC.CCCCOc1ccc(C(=O)N(Cc2ccc(-c3ccccc3)cc2)C2CCN(Cc3ccccc3)CC2)cc1.c1ccc(CN2CCC(NCc3ccc(-c4ccccc4)cc3)CC2)cc1. The highest BCUT2D eigenvalue weighted by molar-refractivity contribution is 5.94. The van der Waals surface area contributed by atoms with Crippen LogP contribution in [0.2, 0.25) is 0 Å². The minimum atomic E-state index is 0.0914. The van der Waals surface area contributed by atoms with Gasteiger partial charge in [0.1, 0.15) is 5.75 Å². The molecule has 2 fully saturated rings. The van der Waals surface area contributed by atoms with E-state index in [-0.39, 0.29) is 11.9 Å². The maximum atomic E-state index is 14.0. The Bertz CT molecular complexity index is 2470. The number of ether oxygens (including phenoxy) is 1. The number of carbonyl (C=O) groups is 1. The second-order valence-corrected chi connectivity index (χ2v) is 18.2. The van der Waals surface area contributed by atoms with Gasteiger partial charge in [-0.1, -0.05) is 197 Å². The van der Waals surface area contributed by atoms with Crippen LogP contribution in [0.15, 0.2) is 194 Å². The standard InChI is InChI=1S/C36H40N2O2.C25H28N2.C2H6/c1-2-3-26-40-35-20-18-33(19-21-35)36(39)38(28-30-14-16-32(17-15-30)31-12-8-5-9-13-31)34-22-24-37(25-23-34)27-29-10-6-4-7-11-29;1-3-7-22(8-4-1)20-27-17-15-25(16-18-27)26-19-21-11-13-24(14-12-21)23-9-5-2-6-10-23;1-2/h4-21,34H,2-3,22-28H2,1H3;1-14,25-26H,15-20H2;1-2H3. The number of rotatable bonds is 17. The summed E-state index contributed by atoms with van der Waals surface area (Å²) >= 11 is 0. The molecule has 69 heavy (non-hydrogen) atoms. The smallest absolute Gasteiger partial charge is 0.254 e. The fraction of sp³-hybridized carbons (Fsp3) is 0.317. The minimum Gasteiger partial charge on any atom is -0.494 e. The van der Waals surface area contributed by atoms with Gasteiger partial charge in [-0.3, -0.25) is 14.6 Å². The van der Waals surface area contributed by atoms with E-state index in [9.17, 15) is 4.79 Å². The first-order valence-electron chi connectivity index (χ1n) is 25.6. The van der Waals surface area contributed by atoms with E-state index in [0.717, 1.165) is 75.3 Å². The average molecular weight is 919 g/mol.